The van der Waals surface area contributed by atoms with Crippen molar-refractivity contribution in [2.75, 3.05) is 26.7 Å². The van der Waals surface area contributed by atoms with Crippen molar-refractivity contribution in [3.8, 4) is 0 Å². The van der Waals surface area contributed by atoms with E-state index in [0.29, 0.717) is 12.1 Å². The van der Waals surface area contributed by atoms with Crippen molar-refractivity contribution in [2.45, 2.75) is 26.2 Å². The van der Waals surface area contributed by atoms with Gasteiger partial charge in [-0.3, -0.25) is 14.3 Å². The Balaban J connectivity index is 1.67. The second-order valence-corrected chi connectivity index (χ2v) is 6.51. The van der Waals surface area contributed by atoms with Crippen LogP contribution in [0, 0.1) is 12.3 Å². The van der Waals surface area contributed by atoms with Crippen LogP contribution >= 0.6 is 0 Å². The van der Waals surface area contributed by atoms with E-state index in [1.165, 1.54) is 0 Å². The number of likely N-dealkylation sites (tertiary alicyclic amines) is 2. The number of aromatic nitrogens is 2. The van der Waals surface area contributed by atoms with Crippen LogP contribution in [0.5, 0.6) is 0 Å². The van der Waals surface area contributed by atoms with E-state index >= 15 is 0 Å². The highest BCUT2D eigenvalue weighted by Gasteiger charge is 2.44. The fourth-order valence-corrected chi connectivity index (χ4v) is 3.59. The third-order valence-electron chi connectivity index (χ3n) is 4.86. The van der Waals surface area contributed by atoms with Crippen molar-refractivity contribution in [3.63, 3.8) is 0 Å². The lowest BCUT2D eigenvalue weighted by Gasteiger charge is -2.38. The average molecular weight is 290 g/mol. The highest BCUT2D eigenvalue weighted by atomic mass is 16.2. The molecule has 0 unspecified atom stereocenters. The number of amides is 2. The number of piperidine rings is 1. The zero-order valence-corrected chi connectivity index (χ0v) is 12.9. The van der Waals surface area contributed by atoms with Crippen molar-refractivity contribution in [1.82, 2.24) is 19.6 Å². The van der Waals surface area contributed by atoms with E-state index in [4.69, 9.17) is 0 Å². The molecule has 2 saturated heterocycles. The van der Waals surface area contributed by atoms with Crippen LogP contribution in [-0.2, 0) is 11.8 Å². The molecule has 0 aromatic carbocycles. The van der Waals surface area contributed by atoms with Gasteiger partial charge in [0.25, 0.3) is 5.91 Å². The molecule has 6 heteroatoms. The molecule has 0 radical (unpaired) electrons. The molecular weight excluding hydrogens is 268 g/mol. The molecule has 3 rings (SSSR count). The van der Waals surface area contributed by atoms with Crippen LogP contribution < -0.4 is 0 Å². The lowest BCUT2D eigenvalue weighted by atomic mass is 9.77. The van der Waals surface area contributed by atoms with E-state index in [0.717, 1.165) is 38.2 Å². The Morgan fingerprint density at radius 3 is 2.43 bits per heavy atom. The zero-order chi connectivity index (χ0) is 15.2. The molecule has 3 heterocycles. The van der Waals surface area contributed by atoms with Crippen LogP contribution in [0.25, 0.3) is 0 Å². The molecular formula is C15H22N4O2. The summed E-state index contributed by atoms with van der Waals surface area (Å²) in [5.41, 5.74) is 1.59. The summed E-state index contributed by atoms with van der Waals surface area (Å²) in [6.07, 6.45) is 2.45. The molecule has 1 aromatic rings. The largest absolute Gasteiger partial charge is 0.345 e. The number of rotatable bonds is 1. The van der Waals surface area contributed by atoms with E-state index < -0.39 is 0 Å². The number of aryl methyl sites for hydroxylation is 2. The predicted molar refractivity (Wildman–Crippen MR) is 77.8 cm³/mol. The molecule has 2 aliphatic heterocycles. The Kier molecular flexibility index (Phi) is 3.26. The molecule has 2 aliphatic rings. The Morgan fingerprint density at radius 1 is 1.29 bits per heavy atom. The Labute approximate surface area is 124 Å². The van der Waals surface area contributed by atoms with Crippen molar-refractivity contribution >= 4 is 11.8 Å². The van der Waals surface area contributed by atoms with E-state index in [9.17, 15) is 9.59 Å². The second kappa shape index (κ2) is 4.86. The van der Waals surface area contributed by atoms with Gasteiger partial charge in [-0.25, -0.2) is 0 Å². The minimum atomic E-state index is 0.0469. The monoisotopic (exact) mass is 290 g/mol. The SMILES string of the molecule is Cc1cc(C(=O)N2CCC3(CC2)CC(=O)N(C)C3)n(C)n1. The second-order valence-electron chi connectivity index (χ2n) is 6.51. The minimum absolute atomic E-state index is 0.0469. The highest BCUT2D eigenvalue weighted by Crippen LogP contribution is 2.40. The lowest BCUT2D eigenvalue weighted by molar-refractivity contribution is -0.126. The number of carbonyl (C=O) groups is 2. The van der Waals surface area contributed by atoms with Crippen molar-refractivity contribution in [2.24, 2.45) is 12.5 Å². The van der Waals surface area contributed by atoms with Gasteiger partial charge in [-0.05, 0) is 25.8 Å². The third kappa shape index (κ3) is 2.43. The van der Waals surface area contributed by atoms with Gasteiger partial charge < -0.3 is 9.80 Å². The molecule has 0 saturated carbocycles. The first-order chi connectivity index (χ1) is 9.90. The van der Waals surface area contributed by atoms with Gasteiger partial charge in [-0.1, -0.05) is 0 Å². The van der Waals surface area contributed by atoms with Gasteiger partial charge in [0.1, 0.15) is 5.69 Å². The summed E-state index contributed by atoms with van der Waals surface area (Å²) >= 11 is 0. The van der Waals surface area contributed by atoms with Crippen molar-refractivity contribution in [1.29, 1.82) is 0 Å². The molecule has 1 spiro atoms. The molecule has 0 N–H and O–H groups in total. The number of nitrogens with zero attached hydrogens (tertiary/aromatic N) is 4. The summed E-state index contributed by atoms with van der Waals surface area (Å²) in [5.74, 6) is 0.280. The van der Waals surface area contributed by atoms with Crippen LogP contribution in [0.4, 0.5) is 0 Å². The first kappa shape index (κ1) is 14.1. The normalized spacial score (nSPS) is 21.4. The Morgan fingerprint density at radius 2 is 1.95 bits per heavy atom. The van der Waals surface area contributed by atoms with E-state index in [-0.39, 0.29) is 17.2 Å². The lowest BCUT2D eigenvalue weighted by Crippen LogP contribution is -2.44. The molecule has 6 nitrogen and oxygen atoms in total. The molecule has 114 valence electrons. The number of hydrogen-bond acceptors (Lipinski definition) is 3. The smallest absolute Gasteiger partial charge is 0.272 e. The molecule has 2 fully saturated rings. The van der Waals surface area contributed by atoms with Gasteiger partial charge >= 0.3 is 0 Å². The Bertz CT molecular complexity index is 584. The van der Waals surface area contributed by atoms with Crippen molar-refractivity contribution < 1.29 is 9.59 Å². The van der Waals surface area contributed by atoms with Gasteiger partial charge in [-0.15, -0.1) is 0 Å². The Hall–Kier alpha value is -1.85. The molecule has 0 bridgehead atoms. The van der Waals surface area contributed by atoms with Gasteiger partial charge in [0.05, 0.1) is 5.69 Å². The third-order valence-corrected chi connectivity index (χ3v) is 4.86. The maximum Gasteiger partial charge on any atom is 0.272 e. The molecule has 0 aliphatic carbocycles. The van der Waals surface area contributed by atoms with Crippen LogP contribution in [-0.4, -0.2) is 58.1 Å². The van der Waals surface area contributed by atoms with E-state index in [2.05, 4.69) is 5.10 Å². The summed E-state index contributed by atoms with van der Waals surface area (Å²) in [6.45, 7) is 4.18. The van der Waals surface area contributed by atoms with Crippen LogP contribution in [0.1, 0.15) is 35.4 Å². The molecule has 2 amide bonds. The van der Waals surface area contributed by atoms with Crippen molar-refractivity contribution in [3.05, 3.63) is 17.5 Å². The summed E-state index contributed by atoms with van der Waals surface area (Å²) < 4.78 is 1.65. The standard InChI is InChI=1S/C15H22N4O2/c1-11-8-12(18(3)16-11)14(21)19-6-4-15(5-7-19)9-13(20)17(2)10-15/h8H,4-7,9-10H2,1-3H3. The molecule has 1 aromatic heterocycles. The van der Waals surface area contributed by atoms with Gasteiger partial charge in [-0.2, -0.15) is 5.10 Å². The van der Waals surface area contributed by atoms with Gasteiger partial charge in [0.15, 0.2) is 0 Å². The fourth-order valence-electron chi connectivity index (χ4n) is 3.59. The fraction of sp³-hybridized carbons (Fsp3) is 0.667. The first-order valence-corrected chi connectivity index (χ1v) is 7.44. The van der Waals surface area contributed by atoms with E-state index in [1.54, 1.807) is 11.7 Å². The van der Waals surface area contributed by atoms with Crippen LogP contribution in [0.15, 0.2) is 6.07 Å². The van der Waals surface area contributed by atoms with Gasteiger partial charge in [0.2, 0.25) is 5.91 Å². The summed E-state index contributed by atoms with van der Waals surface area (Å²) in [5, 5.41) is 4.24. The number of hydrogen-bond donors (Lipinski definition) is 0. The van der Waals surface area contributed by atoms with E-state index in [1.807, 2.05) is 29.8 Å². The summed E-state index contributed by atoms with van der Waals surface area (Å²) in [7, 11) is 3.67. The zero-order valence-electron chi connectivity index (χ0n) is 12.9. The quantitative estimate of drug-likeness (QED) is 0.769. The molecule has 0 atom stereocenters. The maximum absolute atomic E-state index is 12.6. The summed E-state index contributed by atoms with van der Waals surface area (Å²) in [6, 6.07) is 1.83. The minimum Gasteiger partial charge on any atom is -0.345 e. The average Bonchev–Trinajstić information content (AvgIpc) is 2.90. The molecule has 21 heavy (non-hydrogen) atoms. The van der Waals surface area contributed by atoms with Crippen LogP contribution in [0.3, 0.4) is 0 Å². The first-order valence-electron chi connectivity index (χ1n) is 7.44. The van der Waals surface area contributed by atoms with Crippen LogP contribution in [0.2, 0.25) is 0 Å². The topological polar surface area (TPSA) is 58.4 Å². The predicted octanol–water partition coefficient (Wildman–Crippen LogP) is 0.813. The van der Waals surface area contributed by atoms with Gasteiger partial charge in [0, 0.05) is 45.6 Å². The maximum atomic E-state index is 12.6. The highest BCUT2D eigenvalue weighted by molar-refractivity contribution is 5.92. The summed E-state index contributed by atoms with van der Waals surface area (Å²) in [4.78, 5) is 28.0. The number of carbonyl (C=O) groups excluding carboxylic acids is 2.